The summed E-state index contributed by atoms with van der Waals surface area (Å²) in [5.41, 5.74) is 2.14. The molecule has 4 heteroatoms. The second-order valence-electron chi connectivity index (χ2n) is 5.36. The number of hydrogen-bond donors (Lipinski definition) is 1. The van der Waals surface area contributed by atoms with E-state index in [1.54, 1.807) is 0 Å². The average molecular weight is 262 g/mol. The zero-order valence-corrected chi connectivity index (χ0v) is 11.0. The van der Waals surface area contributed by atoms with Gasteiger partial charge in [0.25, 0.3) is 0 Å². The topological polar surface area (TPSA) is 55.8 Å². The standard InChI is InChI=1S/C15H18O4/c1-9-2-5-12-15(19-7-6-18-12)14(9)11(8-13(16)17)10-3-4-10/h2,5,10-11H,3-4,6-8H2,1H3,(H,16,17). The fourth-order valence-electron chi connectivity index (χ4n) is 2.89. The molecule has 0 saturated heterocycles. The Hall–Kier alpha value is -1.71. The van der Waals surface area contributed by atoms with Crippen molar-refractivity contribution >= 4 is 5.97 Å². The number of aryl methyl sites for hydroxylation is 1. The molecule has 0 bridgehead atoms. The number of aliphatic carboxylic acids is 1. The molecule has 1 heterocycles. The van der Waals surface area contributed by atoms with Crippen LogP contribution in [-0.2, 0) is 4.79 Å². The van der Waals surface area contributed by atoms with E-state index in [0.29, 0.717) is 19.1 Å². The zero-order chi connectivity index (χ0) is 13.4. The molecule has 1 aromatic carbocycles. The first-order valence-corrected chi connectivity index (χ1v) is 6.77. The van der Waals surface area contributed by atoms with Crippen molar-refractivity contribution < 1.29 is 19.4 Å². The molecule has 1 fully saturated rings. The van der Waals surface area contributed by atoms with E-state index >= 15 is 0 Å². The number of hydrogen-bond acceptors (Lipinski definition) is 3. The van der Waals surface area contributed by atoms with E-state index in [-0.39, 0.29) is 12.3 Å². The van der Waals surface area contributed by atoms with Gasteiger partial charge in [0.1, 0.15) is 13.2 Å². The summed E-state index contributed by atoms with van der Waals surface area (Å²) in [6.45, 7) is 3.11. The summed E-state index contributed by atoms with van der Waals surface area (Å²) < 4.78 is 11.4. The second kappa shape index (κ2) is 4.76. The van der Waals surface area contributed by atoms with Gasteiger partial charge in [-0.1, -0.05) is 6.07 Å². The first-order chi connectivity index (χ1) is 9.16. The second-order valence-corrected chi connectivity index (χ2v) is 5.36. The molecule has 19 heavy (non-hydrogen) atoms. The molecule has 1 unspecified atom stereocenters. The van der Waals surface area contributed by atoms with Crippen LogP contribution in [0.3, 0.4) is 0 Å². The molecule has 4 nitrogen and oxygen atoms in total. The Morgan fingerprint density at radius 1 is 1.37 bits per heavy atom. The van der Waals surface area contributed by atoms with Crippen LogP contribution in [0, 0.1) is 12.8 Å². The van der Waals surface area contributed by atoms with Crippen LogP contribution in [0.4, 0.5) is 0 Å². The van der Waals surface area contributed by atoms with Crippen LogP contribution in [0.1, 0.15) is 36.3 Å². The van der Waals surface area contributed by atoms with E-state index < -0.39 is 5.97 Å². The molecule has 1 saturated carbocycles. The fraction of sp³-hybridized carbons (Fsp3) is 0.533. The van der Waals surface area contributed by atoms with Crippen LogP contribution in [-0.4, -0.2) is 24.3 Å². The van der Waals surface area contributed by atoms with Gasteiger partial charge in [-0.3, -0.25) is 4.79 Å². The summed E-state index contributed by atoms with van der Waals surface area (Å²) in [7, 11) is 0. The molecule has 0 radical (unpaired) electrons. The molecule has 0 spiro atoms. The van der Waals surface area contributed by atoms with Crippen molar-refractivity contribution in [3.05, 3.63) is 23.3 Å². The minimum Gasteiger partial charge on any atom is -0.486 e. The summed E-state index contributed by atoms with van der Waals surface area (Å²) >= 11 is 0. The van der Waals surface area contributed by atoms with Crippen molar-refractivity contribution in [2.75, 3.05) is 13.2 Å². The maximum atomic E-state index is 11.1. The first-order valence-electron chi connectivity index (χ1n) is 6.77. The van der Waals surface area contributed by atoms with Gasteiger partial charge in [-0.05, 0) is 37.3 Å². The zero-order valence-electron chi connectivity index (χ0n) is 11.0. The van der Waals surface area contributed by atoms with Gasteiger partial charge in [-0.15, -0.1) is 0 Å². The first kappa shape index (κ1) is 12.3. The molecule has 1 aliphatic heterocycles. The summed E-state index contributed by atoms with van der Waals surface area (Å²) in [4.78, 5) is 11.1. The Labute approximate surface area is 112 Å². The van der Waals surface area contributed by atoms with Gasteiger partial charge >= 0.3 is 5.97 Å². The summed E-state index contributed by atoms with van der Waals surface area (Å²) in [5.74, 6) is 1.30. The van der Waals surface area contributed by atoms with Crippen LogP contribution in [0.2, 0.25) is 0 Å². The predicted octanol–water partition coefficient (Wildman–Crippen LogP) is 2.73. The molecular formula is C15H18O4. The number of benzene rings is 1. The molecule has 0 amide bonds. The lowest BCUT2D eigenvalue weighted by Crippen LogP contribution is -2.19. The third kappa shape index (κ3) is 2.39. The van der Waals surface area contributed by atoms with E-state index in [2.05, 4.69) is 0 Å². The van der Waals surface area contributed by atoms with E-state index in [9.17, 15) is 4.79 Å². The molecule has 1 atom stereocenters. The number of fused-ring (bicyclic) bond motifs is 1. The van der Waals surface area contributed by atoms with Crippen molar-refractivity contribution in [2.24, 2.45) is 5.92 Å². The van der Waals surface area contributed by atoms with Gasteiger partial charge in [0.2, 0.25) is 0 Å². The SMILES string of the molecule is Cc1ccc2c(c1C(CC(=O)O)C1CC1)OCCO2. The highest BCUT2D eigenvalue weighted by Gasteiger charge is 2.37. The normalized spacial score (nSPS) is 19.0. The van der Waals surface area contributed by atoms with Gasteiger partial charge in [0.05, 0.1) is 6.42 Å². The lowest BCUT2D eigenvalue weighted by atomic mass is 9.87. The van der Waals surface area contributed by atoms with E-state index in [1.165, 1.54) is 0 Å². The summed E-state index contributed by atoms with van der Waals surface area (Å²) in [6.07, 6.45) is 2.40. The number of rotatable bonds is 4. The summed E-state index contributed by atoms with van der Waals surface area (Å²) in [6, 6.07) is 3.91. The molecular weight excluding hydrogens is 244 g/mol. The van der Waals surface area contributed by atoms with Crippen LogP contribution < -0.4 is 9.47 Å². The maximum absolute atomic E-state index is 11.1. The molecule has 102 valence electrons. The van der Waals surface area contributed by atoms with Crippen molar-refractivity contribution in [3.63, 3.8) is 0 Å². The highest BCUT2D eigenvalue weighted by Crippen LogP contribution is 2.50. The van der Waals surface area contributed by atoms with E-state index in [0.717, 1.165) is 35.5 Å². The molecule has 1 N–H and O–H groups in total. The Bertz CT molecular complexity index is 505. The number of carboxylic acid groups (broad SMARTS) is 1. The summed E-state index contributed by atoms with van der Waals surface area (Å²) in [5, 5.41) is 9.14. The minimum absolute atomic E-state index is 0.0501. The van der Waals surface area contributed by atoms with Crippen LogP contribution >= 0.6 is 0 Å². The van der Waals surface area contributed by atoms with Crippen molar-refractivity contribution in [3.8, 4) is 11.5 Å². The van der Waals surface area contributed by atoms with Crippen LogP contribution in [0.15, 0.2) is 12.1 Å². The predicted molar refractivity (Wildman–Crippen MR) is 69.9 cm³/mol. The Kier molecular flexibility index (Phi) is 3.09. The number of carbonyl (C=O) groups is 1. The molecule has 3 rings (SSSR count). The fourth-order valence-corrected chi connectivity index (χ4v) is 2.89. The Morgan fingerprint density at radius 3 is 2.79 bits per heavy atom. The highest BCUT2D eigenvalue weighted by atomic mass is 16.6. The van der Waals surface area contributed by atoms with Gasteiger partial charge in [0.15, 0.2) is 11.5 Å². The van der Waals surface area contributed by atoms with Crippen LogP contribution in [0.5, 0.6) is 11.5 Å². The molecule has 1 aromatic rings. The van der Waals surface area contributed by atoms with Gasteiger partial charge in [0, 0.05) is 11.5 Å². The Balaban J connectivity index is 2.03. The molecule has 2 aliphatic rings. The van der Waals surface area contributed by atoms with E-state index in [1.807, 2.05) is 19.1 Å². The molecule has 1 aliphatic carbocycles. The minimum atomic E-state index is -0.745. The van der Waals surface area contributed by atoms with Gasteiger partial charge in [-0.2, -0.15) is 0 Å². The lowest BCUT2D eigenvalue weighted by Gasteiger charge is -2.26. The lowest BCUT2D eigenvalue weighted by molar-refractivity contribution is -0.137. The average Bonchev–Trinajstić information content (AvgIpc) is 3.20. The third-order valence-corrected chi connectivity index (χ3v) is 3.92. The monoisotopic (exact) mass is 262 g/mol. The van der Waals surface area contributed by atoms with Gasteiger partial charge < -0.3 is 14.6 Å². The van der Waals surface area contributed by atoms with Crippen LogP contribution in [0.25, 0.3) is 0 Å². The Morgan fingerprint density at radius 2 is 2.11 bits per heavy atom. The maximum Gasteiger partial charge on any atom is 0.303 e. The largest absolute Gasteiger partial charge is 0.486 e. The smallest absolute Gasteiger partial charge is 0.303 e. The highest BCUT2D eigenvalue weighted by molar-refractivity contribution is 5.69. The van der Waals surface area contributed by atoms with Crippen molar-refractivity contribution in [1.82, 2.24) is 0 Å². The van der Waals surface area contributed by atoms with Crippen molar-refractivity contribution in [1.29, 1.82) is 0 Å². The third-order valence-electron chi connectivity index (χ3n) is 3.92. The van der Waals surface area contributed by atoms with Gasteiger partial charge in [-0.25, -0.2) is 0 Å². The number of carboxylic acids is 1. The molecule has 0 aromatic heterocycles. The number of ether oxygens (including phenoxy) is 2. The van der Waals surface area contributed by atoms with E-state index in [4.69, 9.17) is 14.6 Å². The quantitative estimate of drug-likeness (QED) is 0.906. The van der Waals surface area contributed by atoms with Crippen molar-refractivity contribution in [2.45, 2.75) is 32.1 Å².